The molecular formula is C14H22N2O3S. The Morgan fingerprint density at radius 2 is 2.35 bits per heavy atom. The average molecular weight is 298 g/mol. The molecule has 2 unspecified atom stereocenters. The Kier molecular flexibility index (Phi) is 5.37. The lowest BCUT2D eigenvalue weighted by atomic mass is 9.87. The molecule has 1 saturated carbocycles. The third-order valence-electron chi connectivity index (χ3n) is 3.88. The first-order chi connectivity index (χ1) is 9.56. The summed E-state index contributed by atoms with van der Waals surface area (Å²) in [6, 6.07) is 0. The van der Waals surface area contributed by atoms with Gasteiger partial charge in [-0.25, -0.2) is 0 Å². The molecule has 1 aromatic heterocycles. The van der Waals surface area contributed by atoms with Crippen molar-refractivity contribution in [3.8, 4) is 0 Å². The van der Waals surface area contributed by atoms with Crippen LogP contribution in [0, 0.1) is 12.8 Å². The first kappa shape index (κ1) is 15.3. The van der Waals surface area contributed by atoms with Gasteiger partial charge in [0.25, 0.3) is 0 Å². The second-order valence-corrected chi connectivity index (χ2v) is 6.36. The van der Waals surface area contributed by atoms with Crippen LogP contribution in [0.15, 0.2) is 10.2 Å². The molecule has 2 N–H and O–H groups in total. The van der Waals surface area contributed by atoms with Crippen LogP contribution in [-0.4, -0.2) is 28.2 Å². The highest BCUT2D eigenvalue weighted by molar-refractivity contribution is 7.07. The van der Waals surface area contributed by atoms with Gasteiger partial charge in [0.05, 0.1) is 6.10 Å². The lowest BCUT2D eigenvalue weighted by Crippen LogP contribution is -2.33. The Labute approximate surface area is 122 Å². The number of amides is 1. The molecule has 1 fully saturated rings. The molecule has 0 aliphatic heterocycles. The van der Waals surface area contributed by atoms with E-state index in [1.807, 2.05) is 12.3 Å². The highest BCUT2D eigenvalue weighted by atomic mass is 32.1. The van der Waals surface area contributed by atoms with E-state index < -0.39 is 0 Å². The number of nitrogens with zero attached hydrogens (tertiary/aromatic N) is 1. The molecule has 0 aromatic carbocycles. The number of aryl methyl sites for hydroxylation is 1. The zero-order valence-corrected chi connectivity index (χ0v) is 12.6. The molecule has 0 spiro atoms. The fraction of sp³-hybridized carbons (Fsp3) is 0.714. The van der Waals surface area contributed by atoms with E-state index in [-0.39, 0.29) is 16.9 Å². The van der Waals surface area contributed by atoms with E-state index in [1.54, 1.807) is 4.57 Å². The van der Waals surface area contributed by atoms with E-state index in [9.17, 15) is 14.7 Å². The number of hydrogen-bond acceptors (Lipinski definition) is 4. The van der Waals surface area contributed by atoms with Crippen LogP contribution in [0.2, 0.25) is 0 Å². The van der Waals surface area contributed by atoms with E-state index in [4.69, 9.17) is 0 Å². The minimum atomic E-state index is -0.210. The number of aromatic nitrogens is 1. The molecule has 2 rings (SSSR count). The van der Waals surface area contributed by atoms with Crippen molar-refractivity contribution in [2.75, 3.05) is 6.54 Å². The Morgan fingerprint density at radius 1 is 1.55 bits per heavy atom. The zero-order valence-electron chi connectivity index (χ0n) is 11.8. The minimum Gasteiger partial charge on any atom is -0.393 e. The van der Waals surface area contributed by atoms with E-state index in [0.717, 1.165) is 31.4 Å². The number of aliphatic hydroxyl groups excluding tert-OH is 1. The summed E-state index contributed by atoms with van der Waals surface area (Å²) in [5, 5.41) is 14.3. The number of rotatable bonds is 5. The maximum Gasteiger partial charge on any atom is 0.307 e. The first-order valence-electron chi connectivity index (χ1n) is 7.16. The van der Waals surface area contributed by atoms with Crippen molar-refractivity contribution in [3.05, 3.63) is 20.7 Å². The predicted octanol–water partition coefficient (Wildman–Crippen LogP) is 1.28. The van der Waals surface area contributed by atoms with Gasteiger partial charge in [0.1, 0.15) is 0 Å². The van der Waals surface area contributed by atoms with Crippen LogP contribution in [0.25, 0.3) is 0 Å². The third-order valence-corrected chi connectivity index (χ3v) is 4.76. The molecule has 1 aromatic rings. The molecule has 2 atom stereocenters. The van der Waals surface area contributed by atoms with Crippen LogP contribution in [0.5, 0.6) is 0 Å². The van der Waals surface area contributed by atoms with E-state index in [0.29, 0.717) is 25.4 Å². The van der Waals surface area contributed by atoms with Gasteiger partial charge in [0.2, 0.25) is 5.91 Å². The van der Waals surface area contributed by atoms with Crippen molar-refractivity contribution in [2.24, 2.45) is 5.92 Å². The molecule has 5 nitrogen and oxygen atoms in total. The van der Waals surface area contributed by atoms with Crippen molar-refractivity contribution in [1.82, 2.24) is 9.88 Å². The highest BCUT2D eigenvalue weighted by Crippen LogP contribution is 2.23. The van der Waals surface area contributed by atoms with E-state index >= 15 is 0 Å². The van der Waals surface area contributed by atoms with Gasteiger partial charge >= 0.3 is 4.87 Å². The molecule has 0 bridgehead atoms. The number of hydrogen-bond donors (Lipinski definition) is 2. The molecule has 6 heteroatoms. The van der Waals surface area contributed by atoms with Gasteiger partial charge in [0.15, 0.2) is 0 Å². The molecular weight excluding hydrogens is 276 g/mol. The Balaban J connectivity index is 1.72. The monoisotopic (exact) mass is 298 g/mol. The summed E-state index contributed by atoms with van der Waals surface area (Å²) in [6.07, 6.45) is 3.88. The fourth-order valence-corrected chi connectivity index (χ4v) is 3.44. The van der Waals surface area contributed by atoms with Crippen LogP contribution >= 0.6 is 11.3 Å². The van der Waals surface area contributed by atoms with Crippen molar-refractivity contribution >= 4 is 17.2 Å². The summed E-state index contributed by atoms with van der Waals surface area (Å²) in [5.41, 5.74) is 0.906. The van der Waals surface area contributed by atoms with Gasteiger partial charge in [-0.1, -0.05) is 17.8 Å². The predicted molar refractivity (Wildman–Crippen MR) is 78.9 cm³/mol. The van der Waals surface area contributed by atoms with Gasteiger partial charge in [-0.3, -0.25) is 9.59 Å². The molecule has 20 heavy (non-hydrogen) atoms. The van der Waals surface area contributed by atoms with Crippen molar-refractivity contribution < 1.29 is 9.90 Å². The van der Waals surface area contributed by atoms with Crippen LogP contribution in [0.3, 0.4) is 0 Å². The Hall–Kier alpha value is -1.14. The summed E-state index contributed by atoms with van der Waals surface area (Å²) in [4.78, 5) is 23.3. The van der Waals surface area contributed by atoms with Crippen molar-refractivity contribution in [2.45, 2.75) is 51.7 Å². The van der Waals surface area contributed by atoms with Crippen LogP contribution < -0.4 is 10.2 Å². The van der Waals surface area contributed by atoms with Gasteiger partial charge < -0.3 is 15.0 Å². The number of thiazole rings is 1. The Morgan fingerprint density at radius 3 is 3.00 bits per heavy atom. The normalized spacial score (nSPS) is 22.7. The molecule has 112 valence electrons. The second-order valence-electron chi connectivity index (χ2n) is 5.54. The molecule has 1 heterocycles. The maximum absolute atomic E-state index is 11.8. The van der Waals surface area contributed by atoms with E-state index in [1.165, 1.54) is 11.3 Å². The zero-order chi connectivity index (χ0) is 14.5. The molecule has 1 amide bonds. The summed E-state index contributed by atoms with van der Waals surface area (Å²) in [6.45, 7) is 2.94. The van der Waals surface area contributed by atoms with Crippen LogP contribution in [-0.2, 0) is 11.3 Å². The largest absolute Gasteiger partial charge is 0.393 e. The highest BCUT2D eigenvalue weighted by Gasteiger charge is 2.20. The molecule has 0 saturated heterocycles. The van der Waals surface area contributed by atoms with Crippen LogP contribution in [0.1, 0.15) is 37.8 Å². The summed E-state index contributed by atoms with van der Waals surface area (Å²) in [5.74, 6) is 0.357. The minimum absolute atomic E-state index is 0.00861. The molecule has 0 radical (unpaired) electrons. The molecule has 1 aliphatic rings. The fourth-order valence-electron chi connectivity index (χ4n) is 2.68. The number of carbonyl (C=O) groups excluding carboxylic acids is 1. The topological polar surface area (TPSA) is 71.3 Å². The third kappa shape index (κ3) is 4.18. The maximum atomic E-state index is 11.8. The van der Waals surface area contributed by atoms with E-state index in [2.05, 4.69) is 5.32 Å². The SMILES string of the molecule is Cc1csc(=O)n1CCC(=O)NCC1CCCC(O)C1. The lowest BCUT2D eigenvalue weighted by Gasteiger charge is -2.25. The summed E-state index contributed by atoms with van der Waals surface area (Å²) in [7, 11) is 0. The van der Waals surface area contributed by atoms with Gasteiger partial charge in [-0.15, -0.1) is 0 Å². The Bertz CT molecular complexity index is 509. The summed E-state index contributed by atoms with van der Waals surface area (Å²) < 4.78 is 1.63. The lowest BCUT2D eigenvalue weighted by molar-refractivity contribution is -0.121. The van der Waals surface area contributed by atoms with Gasteiger partial charge in [0, 0.05) is 30.6 Å². The second kappa shape index (κ2) is 7.04. The van der Waals surface area contributed by atoms with Crippen molar-refractivity contribution in [1.29, 1.82) is 0 Å². The number of carbonyl (C=O) groups is 1. The van der Waals surface area contributed by atoms with Gasteiger partial charge in [-0.2, -0.15) is 0 Å². The van der Waals surface area contributed by atoms with Crippen LogP contribution in [0.4, 0.5) is 0 Å². The smallest absolute Gasteiger partial charge is 0.307 e. The van der Waals surface area contributed by atoms with Gasteiger partial charge in [-0.05, 0) is 32.1 Å². The number of aliphatic hydroxyl groups is 1. The summed E-state index contributed by atoms with van der Waals surface area (Å²) >= 11 is 1.17. The number of nitrogens with one attached hydrogen (secondary N) is 1. The standard InChI is InChI=1S/C14H22N2O3S/c1-10-9-20-14(19)16(10)6-5-13(18)15-8-11-3-2-4-12(17)7-11/h9,11-12,17H,2-8H2,1H3,(H,15,18). The average Bonchev–Trinajstić information content (AvgIpc) is 2.74. The first-order valence-corrected chi connectivity index (χ1v) is 8.04. The quantitative estimate of drug-likeness (QED) is 0.860. The van der Waals surface area contributed by atoms with Crippen molar-refractivity contribution in [3.63, 3.8) is 0 Å². The molecule has 1 aliphatic carbocycles.